The molecule has 0 heterocycles. The Bertz CT molecular complexity index is 129. The fourth-order valence-corrected chi connectivity index (χ4v) is 2.36. The Hall–Kier alpha value is -0.0400. The van der Waals surface area contributed by atoms with Crippen LogP contribution >= 0.6 is 0 Å². The number of hydrogen-bond acceptors (Lipinski definition) is 1. The summed E-state index contributed by atoms with van der Waals surface area (Å²) in [5.41, 5.74) is 0. The summed E-state index contributed by atoms with van der Waals surface area (Å²) in [6.45, 7) is 12.8. The summed E-state index contributed by atoms with van der Waals surface area (Å²) < 4.78 is 0. The SMILES string of the molecule is CCCNC(C)CC(C)CC(CC)CC. The molecule has 15 heavy (non-hydrogen) atoms. The number of hydrogen-bond donors (Lipinski definition) is 1. The van der Waals surface area contributed by atoms with Crippen molar-refractivity contribution in [2.45, 2.75) is 72.8 Å². The Morgan fingerprint density at radius 3 is 2.00 bits per heavy atom. The van der Waals surface area contributed by atoms with Crippen LogP contribution in [0.1, 0.15) is 66.7 Å². The Labute approximate surface area is 97.0 Å². The summed E-state index contributed by atoms with van der Waals surface area (Å²) in [4.78, 5) is 0. The maximum absolute atomic E-state index is 3.57. The highest BCUT2D eigenvalue weighted by Gasteiger charge is 2.12. The van der Waals surface area contributed by atoms with Crippen molar-refractivity contribution >= 4 is 0 Å². The number of rotatable bonds is 9. The molecule has 0 aromatic rings. The fourth-order valence-electron chi connectivity index (χ4n) is 2.36. The van der Waals surface area contributed by atoms with Gasteiger partial charge in [-0.1, -0.05) is 40.5 Å². The van der Waals surface area contributed by atoms with Crippen LogP contribution in [0.3, 0.4) is 0 Å². The van der Waals surface area contributed by atoms with Crippen LogP contribution in [0.25, 0.3) is 0 Å². The molecule has 0 fully saturated rings. The minimum Gasteiger partial charge on any atom is -0.314 e. The molecule has 2 atom stereocenters. The van der Waals surface area contributed by atoms with Crippen molar-refractivity contribution in [3.8, 4) is 0 Å². The van der Waals surface area contributed by atoms with Gasteiger partial charge in [-0.15, -0.1) is 0 Å². The maximum Gasteiger partial charge on any atom is 0.00412 e. The molecule has 0 bridgehead atoms. The molecule has 1 nitrogen and oxygen atoms in total. The molecule has 0 spiro atoms. The van der Waals surface area contributed by atoms with E-state index in [-0.39, 0.29) is 0 Å². The molecule has 0 amide bonds. The Balaban J connectivity index is 3.66. The van der Waals surface area contributed by atoms with E-state index in [2.05, 4.69) is 39.9 Å². The Morgan fingerprint density at radius 2 is 1.53 bits per heavy atom. The van der Waals surface area contributed by atoms with Crippen LogP contribution < -0.4 is 5.32 Å². The fraction of sp³-hybridized carbons (Fsp3) is 1.00. The Kier molecular flexibility index (Phi) is 9.18. The smallest absolute Gasteiger partial charge is 0.00412 e. The van der Waals surface area contributed by atoms with Crippen LogP contribution in [-0.2, 0) is 0 Å². The van der Waals surface area contributed by atoms with E-state index in [1.165, 1.54) is 38.6 Å². The Morgan fingerprint density at radius 1 is 0.933 bits per heavy atom. The van der Waals surface area contributed by atoms with Crippen molar-refractivity contribution in [3.63, 3.8) is 0 Å². The first kappa shape index (κ1) is 15.0. The quantitative estimate of drug-likeness (QED) is 0.604. The van der Waals surface area contributed by atoms with Gasteiger partial charge in [0.15, 0.2) is 0 Å². The average molecular weight is 213 g/mol. The lowest BCUT2D eigenvalue weighted by Gasteiger charge is -2.22. The van der Waals surface area contributed by atoms with Gasteiger partial charge < -0.3 is 5.32 Å². The zero-order valence-corrected chi connectivity index (χ0v) is 11.5. The van der Waals surface area contributed by atoms with Gasteiger partial charge in [-0.2, -0.15) is 0 Å². The number of nitrogens with one attached hydrogen (secondary N) is 1. The second kappa shape index (κ2) is 9.21. The standard InChI is InChI=1S/C14H31N/c1-6-9-15-13(5)10-12(4)11-14(7-2)8-3/h12-15H,6-11H2,1-5H3. The first-order chi connectivity index (χ1) is 7.13. The van der Waals surface area contributed by atoms with Gasteiger partial charge in [0.2, 0.25) is 0 Å². The summed E-state index contributed by atoms with van der Waals surface area (Å²) in [5.74, 6) is 1.81. The average Bonchev–Trinajstić information content (AvgIpc) is 2.22. The lowest BCUT2D eigenvalue weighted by atomic mass is 9.88. The summed E-state index contributed by atoms with van der Waals surface area (Å²) in [6.07, 6.45) is 6.67. The van der Waals surface area contributed by atoms with Gasteiger partial charge in [-0.25, -0.2) is 0 Å². The molecule has 0 aliphatic rings. The van der Waals surface area contributed by atoms with Crippen molar-refractivity contribution in [3.05, 3.63) is 0 Å². The highest BCUT2D eigenvalue weighted by atomic mass is 14.9. The van der Waals surface area contributed by atoms with Crippen molar-refractivity contribution in [1.82, 2.24) is 5.32 Å². The molecule has 0 radical (unpaired) electrons. The highest BCUT2D eigenvalue weighted by Crippen LogP contribution is 2.21. The first-order valence-electron chi connectivity index (χ1n) is 6.87. The third kappa shape index (κ3) is 7.84. The van der Waals surface area contributed by atoms with Crippen LogP contribution in [0.2, 0.25) is 0 Å². The summed E-state index contributed by atoms with van der Waals surface area (Å²) in [7, 11) is 0. The normalized spacial score (nSPS) is 15.6. The largest absolute Gasteiger partial charge is 0.314 e. The van der Waals surface area contributed by atoms with Crippen LogP contribution in [0.4, 0.5) is 0 Å². The van der Waals surface area contributed by atoms with E-state index >= 15 is 0 Å². The van der Waals surface area contributed by atoms with Gasteiger partial charge in [-0.3, -0.25) is 0 Å². The summed E-state index contributed by atoms with van der Waals surface area (Å²) >= 11 is 0. The van der Waals surface area contributed by atoms with Crippen molar-refractivity contribution in [2.75, 3.05) is 6.54 Å². The van der Waals surface area contributed by atoms with Crippen LogP contribution in [0.15, 0.2) is 0 Å². The molecule has 92 valence electrons. The molecule has 0 saturated heterocycles. The molecular weight excluding hydrogens is 182 g/mol. The predicted octanol–water partition coefficient (Wildman–Crippen LogP) is 4.23. The molecule has 0 aliphatic heterocycles. The highest BCUT2D eigenvalue weighted by molar-refractivity contribution is 4.68. The molecule has 1 heteroatoms. The van der Waals surface area contributed by atoms with E-state index in [1.807, 2.05) is 0 Å². The maximum atomic E-state index is 3.57. The molecule has 0 saturated carbocycles. The minimum absolute atomic E-state index is 0.689. The predicted molar refractivity (Wildman–Crippen MR) is 70.2 cm³/mol. The van der Waals surface area contributed by atoms with Crippen LogP contribution in [0.5, 0.6) is 0 Å². The summed E-state index contributed by atoms with van der Waals surface area (Å²) in [6, 6.07) is 0.689. The van der Waals surface area contributed by atoms with Crippen molar-refractivity contribution in [2.24, 2.45) is 11.8 Å². The second-order valence-electron chi connectivity index (χ2n) is 5.11. The molecule has 0 aromatic carbocycles. The van der Waals surface area contributed by atoms with E-state index in [0.717, 1.165) is 11.8 Å². The van der Waals surface area contributed by atoms with Crippen LogP contribution in [-0.4, -0.2) is 12.6 Å². The molecule has 0 aliphatic carbocycles. The van der Waals surface area contributed by atoms with Gasteiger partial charge in [0, 0.05) is 6.04 Å². The molecule has 0 rings (SSSR count). The van der Waals surface area contributed by atoms with Crippen LogP contribution in [0, 0.1) is 11.8 Å². The monoisotopic (exact) mass is 213 g/mol. The lowest BCUT2D eigenvalue weighted by Crippen LogP contribution is -2.28. The molecule has 0 aromatic heterocycles. The van der Waals surface area contributed by atoms with E-state index in [0.29, 0.717) is 6.04 Å². The first-order valence-corrected chi connectivity index (χ1v) is 6.87. The molecule has 1 N–H and O–H groups in total. The van der Waals surface area contributed by atoms with Crippen molar-refractivity contribution in [1.29, 1.82) is 0 Å². The van der Waals surface area contributed by atoms with Gasteiger partial charge in [0.1, 0.15) is 0 Å². The second-order valence-corrected chi connectivity index (χ2v) is 5.11. The minimum atomic E-state index is 0.689. The van der Waals surface area contributed by atoms with Gasteiger partial charge in [-0.05, 0) is 44.6 Å². The lowest BCUT2D eigenvalue weighted by molar-refractivity contribution is 0.327. The van der Waals surface area contributed by atoms with Crippen molar-refractivity contribution < 1.29 is 0 Å². The van der Waals surface area contributed by atoms with E-state index < -0.39 is 0 Å². The van der Waals surface area contributed by atoms with E-state index in [9.17, 15) is 0 Å². The van der Waals surface area contributed by atoms with Gasteiger partial charge >= 0.3 is 0 Å². The van der Waals surface area contributed by atoms with E-state index in [1.54, 1.807) is 0 Å². The summed E-state index contributed by atoms with van der Waals surface area (Å²) in [5, 5.41) is 3.57. The van der Waals surface area contributed by atoms with Gasteiger partial charge in [0.05, 0.1) is 0 Å². The van der Waals surface area contributed by atoms with E-state index in [4.69, 9.17) is 0 Å². The third-order valence-electron chi connectivity index (χ3n) is 3.39. The zero-order valence-electron chi connectivity index (χ0n) is 11.5. The molecule has 2 unspecified atom stereocenters. The third-order valence-corrected chi connectivity index (χ3v) is 3.39. The zero-order chi connectivity index (χ0) is 11.7. The topological polar surface area (TPSA) is 12.0 Å². The molecular formula is C14H31N. The van der Waals surface area contributed by atoms with Gasteiger partial charge in [0.25, 0.3) is 0 Å².